The highest BCUT2D eigenvalue weighted by molar-refractivity contribution is 6.31. The molecule has 2 rings (SSSR count). The average Bonchev–Trinajstić information content (AvgIpc) is 2.80. The average molecular weight is 293 g/mol. The van der Waals surface area contributed by atoms with Crippen molar-refractivity contribution in [3.63, 3.8) is 0 Å². The molecule has 0 fully saturated rings. The lowest BCUT2D eigenvalue weighted by Crippen LogP contribution is -2.19. The first-order chi connectivity index (χ1) is 9.54. The summed E-state index contributed by atoms with van der Waals surface area (Å²) in [7, 11) is 0. The molecule has 0 spiro atoms. The van der Waals surface area contributed by atoms with E-state index in [0.29, 0.717) is 12.5 Å². The molecule has 1 aromatic heterocycles. The van der Waals surface area contributed by atoms with E-state index in [1.807, 2.05) is 29.9 Å². The van der Waals surface area contributed by atoms with Crippen molar-refractivity contribution in [2.75, 3.05) is 6.54 Å². The minimum atomic E-state index is 0.636. The molecule has 108 valence electrons. The summed E-state index contributed by atoms with van der Waals surface area (Å²) in [4.78, 5) is 0. The predicted molar refractivity (Wildman–Crippen MR) is 81.9 cm³/mol. The summed E-state index contributed by atoms with van der Waals surface area (Å²) < 4.78 is 1.82. The van der Waals surface area contributed by atoms with Crippen LogP contribution >= 0.6 is 11.6 Å². The van der Waals surface area contributed by atoms with Gasteiger partial charge in [0.25, 0.3) is 0 Å². The maximum Gasteiger partial charge on any atom is 0.0964 e. The van der Waals surface area contributed by atoms with Crippen molar-refractivity contribution in [3.05, 3.63) is 46.2 Å². The van der Waals surface area contributed by atoms with E-state index in [2.05, 4.69) is 35.5 Å². The minimum Gasteiger partial charge on any atom is -0.311 e. The molecule has 20 heavy (non-hydrogen) atoms. The lowest BCUT2D eigenvalue weighted by molar-refractivity contribution is 0.548. The quantitative estimate of drug-likeness (QED) is 0.890. The number of aryl methyl sites for hydroxylation is 1. The lowest BCUT2D eigenvalue weighted by Gasteiger charge is -2.05. The van der Waals surface area contributed by atoms with Crippen molar-refractivity contribution in [2.45, 2.75) is 33.9 Å². The van der Waals surface area contributed by atoms with Gasteiger partial charge in [0, 0.05) is 11.6 Å². The highest BCUT2D eigenvalue weighted by Crippen LogP contribution is 2.18. The Morgan fingerprint density at radius 3 is 2.85 bits per heavy atom. The van der Waals surface area contributed by atoms with Crippen molar-refractivity contribution in [2.24, 2.45) is 5.92 Å². The second kappa shape index (κ2) is 6.86. The molecule has 0 saturated carbocycles. The second-order valence-electron chi connectivity index (χ2n) is 5.53. The predicted octanol–water partition coefficient (Wildman–Crippen LogP) is 3.03. The molecule has 2 aromatic rings. The molecular formula is C15H21ClN4. The third kappa shape index (κ3) is 4.32. The smallest absolute Gasteiger partial charge is 0.0964 e. The lowest BCUT2D eigenvalue weighted by atomic mass is 10.1. The van der Waals surface area contributed by atoms with E-state index < -0.39 is 0 Å². The van der Waals surface area contributed by atoms with Gasteiger partial charge in [-0.1, -0.05) is 42.8 Å². The number of hydrogen-bond donors (Lipinski definition) is 1. The molecule has 0 aliphatic carbocycles. The molecule has 1 heterocycles. The molecule has 4 nitrogen and oxygen atoms in total. The van der Waals surface area contributed by atoms with E-state index in [-0.39, 0.29) is 0 Å². The van der Waals surface area contributed by atoms with Gasteiger partial charge in [0.2, 0.25) is 0 Å². The molecule has 0 aliphatic heterocycles. The second-order valence-corrected chi connectivity index (χ2v) is 5.93. The number of nitrogens with one attached hydrogen (secondary N) is 1. The summed E-state index contributed by atoms with van der Waals surface area (Å²) in [5, 5.41) is 12.4. The first-order valence-corrected chi connectivity index (χ1v) is 7.27. The Morgan fingerprint density at radius 1 is 1.35 bits per heavy atom. The number of hydrogen-bond acceptors (Lipinski definition) is 3. The zero-order valence-electron chi connectivity index (χ0n) is 12.2. The Hall–Kier alpha value is -1.39. The maximum atomic E-state index is 6.23. The number of rotatable bonds is 6. The summed E-state index contributed by atoms with van der Waals surface area (Å²) in [6.45, 7) is 8.78. The van der Waals surface area contributed by atoms with Crippen LogP contribution in [0.15, 0.2) is 24.4 Å². The van der Waals surface area contributed by atoms with Crippen LogP contribution in [0.25, 0.3) is 0 Å². The summed E-state index contributed by atoms with van der Waals surface area (Å²) in [5.74, 6) is 0.636. The molecule has 0 unspecified atom stereocenters. The normalized spacial score (nSPS) is 11.2. The molecule has 0 saturated heterocycles. The number of benzene rings is 1. The van der Waals surface area contributed by atoms with E-state index in [0.717, 1.165) is 34.9 Å². The van der Waals surface area contributed by atoms with Crippen LogP contribution in [0.4, 0.5) is 0 Å². The van der Waals surface area contributed by atoms with Crippen LogP contribution in [0.2, 0.25) is 5.02 Å². The first kappa shape index (κ1) is 15.0. The molecule has 5 heteroatoms. The Balaban J connectivity index is 1.95. The topological polar surface area (TPSA) is 42.7 Å². The molecule has 1 N–H and O–H groups in total. The zero-order valence-corrected chi connectivity index (χ0v) is 13.0. The number of aromatic nitrogens is 3. The fourth-order valence-corrected chi connectivity index (χ4v) is 2.24. The van der Waals surface area contributed by atoms with Crippen molar-refractivity contribution in [3.8, 4) is 0 Å². The monoisotopic (exact) mass is 292 g/mol. The van der Waals surface area contributed by atoms with Gasteiger partial charge < -0.3 is 5.32 Å². The van der Waals surface area contributed by atoms with Crippen molar-refractivity contribution >= 4 is 11.6 Å². The van der Waals surface area contributed by atoms with Crippen molar-refractivity contribution < 1.29 is 0 Å². The Labute approximate surface area is 125 Å². The van der Waals surface area contributed by atoms with E-state index >= 15 is 0 Å². The highest BCUT2D eigenvalue weighted by atomic mass is 35.5. The van der Waals surface area contributed by atoms with E-state index in [9.17, 15) is 0 Å². The third-order valence-corrected chi connectivity index (χ3v) is 3.34. The van der Waals surface area contributed by atoms with E-state index in [4.69, 9.17) is 11.6 Å². The SMILES string of the molecule is Cc1ccc(Cn2cc(CNCC(C)C)nn2)c(Cl)c1. The van der Waals surface area contributed by atoms with Crippen LogP contribution in [-0.4, -0.2) is 21.5 Å². The van der Waals surface area contributed by atoms with Crippen molar-refractivity contribution in [1.29, 1.82) is 0 Å². The van der Waals surface area contributed by atoms with Crippen LogP contribution in [0.1, 0.15) is 30.7 Å². The molecule has 0 radical (unpaired) electrons. The first-order valence-electron chi connectivity index (χ1n) is 6.89. The standard InChI is InChI=1S/C15H21ClN4/c1-11(2)7-17-8-14-10-20(19-18-14)9-13-5-4-12(3)6-15(13)16/h4-6,10-11,17H,7-9H2,1-3H3. The molecule has 0 bridgehead atoms. The Bertz CT molecular complexity index is 563. The van der Waals surface area contributed by atoms with Gasteiger partial charge in [-0.15, -0.1) is 5.10 Å². The van der Waals surface area contributed by atoms with Gasteiger partial charge in [0.05, 0.1) is 18.4 Å². The van der Waals surface area contributed by atoms with Crippen LogP contribution < -0.4 is 5.32 Å². The van der Waals surface area contributed by atoms with Crippen LogP contribution in [0.5, 0.6) is 0 Å². The summed E-state index contributed by atoms with van der Waals surface area (Å²) in [6, 6.07) is 6.07. The number of nitrogens with zero attached hydrogens (tertiary/aromatic N) is 3. The van der Waals surface area contributed by atoms with Gasteiger partial charge in [0.1, 0.15) is 0 Å². The Kier molecular flexibility index (Phi) is 5.15. The van der Waals surface area contributed by atoms with Crippen LogP contribution in [0, 0.1) is 12.8 Å². The van der Waals surface area contributed by atoms with Gasteiger partial charge in [-0.25, -0.2) is 4.68 Å². The zero-order chi connectivity index (χ0) is 14.5. The minimum absolute atomic E-state index is 0.636. The summed E-state index contributed by atoms with van der Waals surface area (Å²) in [6.07, 6.45) is 1.96. The van der Waals surface area contributed by atoms with Crippen molar-refractivity contribution in [1.82, 2.24) is 20.3 Å². The summed E-state index contributed by atoms with van der Waals surface area (Å²) in [5.41, 5.74) is 3.17. The number of halogens is 1. The third-order valence-electron chi connectivity index (χ3n) is 2.99. The van der Waals surface area contributed by atoms with Gasteiger partial charge in [-0.05, 0) is 36.6 Å². The van der Waals surface area contributed by atoms with E-state index in [1.54, 1.807) is 0 Å². The Morgan fingerprint density at radius 2 is 2.15 bits per heavy atom. The largest absolute Gasteiger partial charge is 0.311 e. The van der Waals surface area contributed by atoms with Crippen LogP contribution in [0.3, 0.4) is 0 Å². The maximum absolute atomic E-state index is 6.23. The molecule has 0 amide bonds. The molecule has 0 atom stereocenters. The van der Waals surface area contributed by atoms with Gasteiger partial charge in [-0.2, -0.15) is 0 Å². The molecule has 1 aromatic carbocycles. The van der Waals surface area contributed by atoms with E-state index in [1.165, 1.54) is 0 Å². The molecule has 0 aliphatic rings. The van der Waals surface area contributed by atoms with Gasteiger partial charge in [0.15, 0.2) is 0 Å². The van der Waals surface area contributed by atoms with Crippen LogP contribution in [-0.2, 0) is 13.1 Å². The fourth-order valence-electron chi connectivity index (χ4n) is 1.94. The highest BCUT2D eigenvalue weighted by Gasteiger charge is 2.05. The molecular weight excluding hydrogens is 272 g/mol. The van der Waals surface area contributed by atoms with Gasteiger partial charge >= 0.3 is 0 Å². The van der Waals surface area contributed by atoms with Gasteiger partial charge in [-0.3, -0.25) is 0 Å². The fraction of sp³-hybridized carbons (Fsp3) is 0.467. The summed E-state index contributed by atoms with van der Waals surface area (Å²) >= 11 is 6.23.